The molecular formula is C12H14N4OS. The Bertz CT molecular complexity index is 544. The zero-order chi connectivity index (χ0) is 12.5. The van der Waals surface area contributed by atoms with Crippen molar-refractivity contribution in [2.24, 2.45) is 0 Å². The van der Waals surface area contributed by atoms with Crippen molar-refractivity contribution in [1.82, 2.24) is 14.8 Å². The molecule has 2 aromatic rings. The fraction of sp³-hybridized carbons (Fsp3) is 0.417. The van der Waals surface area contributed by atoms with E-state index in [0.717, 1.165) is 5.69 Å². The Morgan fingerprint density at radius 1 is 1.61 bits per heavy atom. The molecule has 0 aliphatic heterocycles. The third kappa shape index (κ3) is 2.28. The predicted molar refractivity (Wildman–Crippen MR) is 69.7 cm³/mol. The SMILES string of the molecule is CC(C(=O)Nc1nc(C2CC2)cs1)n1cccn1. The lowest BCUT2D eigenvalue weighted by atomic mass is 10.3. The van der Waals surface area contributed by atoms with E-state index in [4.69, 9.17) is 0 Å². The summed E-state index contributed by atoms with van der Waals surface area (Å²) in [5, 5.41) is 9.62. The van der Waals surface area contributed by atoms with E-state index in [2.05, 4.69) is 15.4 Å². The van der Waals surface area contributed by atoms with Crippen molar-refractivity contribution in [2.75, 3.05) is 5.32 Å². The molecule has 0 aromatic carbocycles. The quantitative estimate of drug-likeness (QED) is 0.920. The number of nitrogens with zero attached hydrogens (tertiary/aromatic N) is 3. The molecule has 0 spiro atoms. The van der Waals surface area contributed by atoms with Gasteiger partial charge in [0, 0.05) is 23.7 Å². The third-order valence-electron chi connectivity index (χ3n) is 3.05. The molecule has 2 aromatic heterocycles. The van der Waals surface area contributed by atoms with E-state index in [1.807, 2.05) is 12.3 Å². The van der Waals surface area contributed by atoms with Crippen LogP contribution in [0, 0.1) is 0 Å². The van der Waals surface area contributed by atoms with Crippen molar-refractivity contribution in [3.63, 3.8) is 0 Å². The summed E-state index contributed by atoms with van der Waals surface area (Å²) in [6, 6.07) is 1.48. The van der Waals surface area contributed by atoms with Crippen LogP contribution in [0.4, 0.5) is 5.13 Å². The lowest BCUT2D eigenvalue weighted by Crippen LogP contribution is -2.23. The van der Waals surface area contributed by atoms with Gasteiger partial charge in [0.15, 0.2) is 5.13 Å². The number of hydrogen-bond acceptors (Lipinski definition) is 4. The van der Waals surface area contributed by atoms with Crippen LogP contribution in [0.5, 0.6) is 0 Å². The minimum atomic E-state index is -0.326. The number of thiazole rings is 1. The molecule has 0 saturated heterocycles. The summed E-state index contributed by atoms with van der Waals surface area (Å²) in [6.07, 6.45) is 5.89. The van der Waals surface area contributed by atoms with Gasteiger partial charge in [0.25, 0.3) is 5.91 Å². The van der Waals surface area contributed by atoms with Crippen LogP contribution in [0.3, 0.4) is 0 Å². The molecule has 1 atom stereocenters. The molecule has 18 heavy (non-hydrogen) atoms. The normalized spacial score (nSPS) is 16.5. The first-order chi connectivity index (χ1) is 8.74. The second-order valence-corrected chi connectivity index (χ2v) is 5.36. The highest BCUT2D eigenvalue weighted by Gasteiger charge is 2.26. The fourth-order valence-electron chi connectivity index (χ4n) is 1.75. The van der Waals surface area contributed by atoms with Gasteiger partial charge in [-0.05, 0) is 25.8 Å². The summed E-state index contributed by atoms with van der Waals surface area (Å²) >= 11 is 1.49. The number of carbonyl (C=O) groups is 1. The van der Waals surface area contributed by atoms with Gasteiger partial charge >= 0.3 is 0 Å². The molecule has 1 amide bonds. The van der Waals surface area contributed by atoms with E-state index in [1.165, 1.54) is 24.2 Å². The van der Waals surface area contributed by atoms with E-state index < -0.39 is 0 Å². The molecule has 5 nitrogen and oxygen atoms in total. The maximum absolute atomic E-state index is 12.0. The van der Waals surface area contributed by atoms with Crippen molar-refractivity contribution in [3.05, 3.63) is 29.5 Å². The van der Waals surface area contributed by atoms with Crippen molar-refractivity contribution < 1.29 is 4.79 Å². The topological polar surface area (TPSA) is 59.8 Å². The number of amides is 1. The van der Waals surface area contributed by atoms with Crippen LogP contribution in [-0.2, 0) is 4.79 Å². The number of hydrogen-bond donors (Lipinski definition) is 1. The lowest BCUT2D eigenvalue weighted by molar-refractivity contribution is -0.119. The van der Waals surface area contributed by atoms with Gasteiger partial charge in [0.2, 0.25) is 0 Å². The molecular weight excluding hydrogens is 248 g/mol. The molecule has 1 fully saturated rings. The Kier molecular flexibility index (Phi) is 2.87. The first-order valence-corrected chi connectivity index (χ1v) is 6.87. The summed E-state index contributed by atoms with van der Waals surface area (Å²) < 4.78 is 1.63. The van der Waals surface area contributed by atoms with Crippen LogP contribution in [0.25, 0.3) is 0 Å². The molecule has 1 aliphatic rings. The molecule has 1 aliphatic carbocycles. The van der Waals surface area contributed by atoms with Crippen molar-refractivity contribution >= 4 is 22.4 Å². The molecule has 0 radical (unpaired) electrons. The summed E-state index contributed by atoms with van der Waals surface area (Å²) in [4.78, 5) is 16.4. The highest BCUT2D eigenvalue weighted by Crippen LogP contribution is 2.40. The van der Waals surface area contributed by atoms with Gasteiger partial charge in [0.05, 0.1) is 5.69 Å². The highest BCUT2D eigenvalue weighted by molar-refractivity contribution is 7.13. The minimum absolute atomic E-state index is 0.0876. The average molecular weight is 262 g/mol. The van der Waals surface area contributed by atoms with Crippen molar-refractivity contribution in [3.8, 4) is 0 Å². The second kappa shape index (κ2) is 4.53. The first kappa shape index (κ1) is 11.4. The number of aromatic nitrogens is 3. The van der Waals surface area contributed by atoms with Gasteiger partial charge in [-0.25, -0.2) is 4.98 Å². The van der Waals surface area contributed by atoms with Crippen LogP contribution in [-0.4, -0.2) is 20.7 Å². The highest BCUT2D eigenvalue weighted by atomic mass is 32.1. The second-order valence-electron chi connectivity index (χ2n) is 4.50. The fourth-order valence-corrected chi connectivity index (χ4v) is 2.55. The Morgan fingerprint density at radius 2 is 2.44 bits per heavy atom. The van der Waals surface area contributed by atoms with Crippen LogP contribution in [0.1, 0.15) is 37.4 Å². The van der Waals surface area contributed by atoms with Crippen molar-refractivity contribution in [1.29, 1.82) is 0 Å². The summed E-state index contributed by atoms with van der Waals surface area (Å²) in [6.45, 7) is 1.82. The Hall–Kier alpha value is -1.69. The van der Waals surface area contributed by atoms with Crippen LogP contribution < -0.4 is 5.32 Å². The zero-order valence-electron chi connectivity index (χ0n) is 10.0. The Labute approximate surface area is 109 Å². The number of nitrogens with one attached hydrogen (secondary N) is 1. The average Bonchev–Trinajstić information content (AvgIpc) is 2.91. The van der Waals surface area contributed by atoms with Gasteiger partial charge in [-0.2, -0.15) is 5.10 Å². The first-order valence-electron chi connectivity index (χ1n) is 5.99. The lowest BCUT2D eigenvalue weighted by Gasteiger charge is -2.10. The standard InChI is InChI=1S/C12H14N4OS/c1-8(16-6-2-5-13-16)11(17)15-12-14-10(7-18-12)9-3-4-9/h2,5-9H,3-4H2,1H3,(H,14,15,17). The monoisotopic (exact) mass is 262 g/mol. The summed E-state index contributed by atoms with van der Waals surface area (Å²) in [5.74, 6) is 0.533. The van der Waals surface area contributed by atoms with E-state index in [0.29, 0.717) is 11.0 Å². The van der Waals surface area contributed by atoms with E-state index in [9.17, 15) is 4.79 Å². The number of carbonyl (C=O) groups excluding carboxylic acids is 1. The molecule has 0 bridgehead atoms. The molecule has 3 rings (SSSR count). The molecule has 6 heteroatoms. The van der Waals surface area contributed by atoms with E-state index in [-0.39, 0.29) is 11.9 Å². The number of rotatable bonds is 4. The molecule has 2 heterocycles. The maximum atomic E-state index is 12.0. The van der Waals surface area contributed by atoms with Gasteiger partial charge in [-0.3, -0.25) is 9.48 Å². The van der Waals surface area contributed by atoms with Gasteiger partial charge in [-0.15, -0.1) is 11.3 Å². The number of anilines is 1. The summed E-state index contributed by atoms with van der Waals surface area (Å²) in [7, 11) is 0. The van der Waals surface area contributed by atoms with Gasteiger partial charge < -0.3 is 5.32 Å². The predicted octanol–water partition coefficient (Wildman–Crippen LogP) is 2.42. The smallest absolute Gasteiger partial charge is 0.250 e. The molecule has 1 N–H and O–H groups in total. The maximum Gasteiger partial charge on any atom is 0.250 e. The molecule has 1 unspecified atom stereocenters. The third-order valence-corrected chi connectivity index (χ3v) is 3.82. The van der Waals surface area contributed by atoms with Gasteiger partial charge in [-0.1, -0.05) is 0 Å². The Balaban J connectivity index is 1.66. The minimum Gasteiger partial charge on any atom is -0.300 e. The molecule has 1 saturated carbocycles. The van der Waals surface area contributed by atoms with Crippen LogP contribution in [0.2, 0.25) is 0 Å². The van der Waals surface area contributed by atoms with Crippen LogP contribution >= 0.6 is 11.3 Å². The van der Waals surface area contributed by atoms with Gasteiger partial charge in [0.1, 0.15) is 6.04 Å². The van der Waals surface area contributed by atoms with Crippen LogP contribution in [0.15, 0.2) is 23.8 Å². The largest absolute Gasteiger partial charge is 0.300 e. The summed E-state index contributed by atoms with van der Waals surface area (Å²) in [5.41, 5.74) is 1.11. The van der Waals surface area contributed by atoms with E-state index >= 15 is 0 Å². The Morgan fingerprint density at radius 3 is 3.11 bits per heavy atom. The van der Waals surface area contributed by atoms with Crippen molar-refractivity contribution in [2.45, 2.75) is 31.7 Å². The van der Waals surface area contributed by atoms with E-state index in [1.54, 1.807) is 23.1 Å². The molecule has 94 valence electrons. The zero-order valence-corrected chi connectivity index (χ0v) is 10.9.